The molecule has 0 bridgehead atoms. The smallest absolute Gasteiger partial charge is 0.224 e. The average molecular weight is 527 g/mol. The number of carbonyl (C=O) groups excluding carboxylic acids is 1. The van der Waals surface area contributed by atoms with E-state index < -0.39 is 11.2 Å². The van der Waals surface area contributed by atoms with E-state index in [9.17, 15) is 14.3 Å². The molecule has 0 saturated heterocycles. The predicted molar refractivity (Wildman–Crippen MR) is 137 cm³/mol. The fourth-order valence-electron chi connectivity index (χ4n) is 5.28. The highest BCUT2D eigenvalue weighted by Crippen LogP contribution is 2.43. The molecule has 2 aliphatic rings. The summed E-state index contributed by atoms with van der Waals surface area (Å²) in [6.45, 7) is 1.88. The van der Waals surface area contributed by atoms with E-state index in [1.54, 1.807) is 6.20 Å². The summed E-state index contributed by atoms with van der Waals surface area (Å²) in [6, 6.07) is 4.36. The van der Waals surface area contributed by atoms with E-state index in [1.165, 1.54) is 6.07 Å². The molecule has 2 heterocycles. The van der Waals surface area contributed by atoms with Gasteiger partial charge in [0.05, 0.1) is 34.6 Å². The number of imidazole rings is 1. The van der Waals surface area contributed by atoms with Crippen LogP contribution in [-0.2, 0) is 4.79 Å². The van der Waals surface area contributed by atoms with Crippen molar-refractivity contribution in [2.45, 2.75) is 70.1 Å². The van der Waals surface area contributed by atoms with Gasteiger partial charge >= 0.3 is 0 Å². The van der Waals surface area contributed by atoms with Gasteiger partial charge in [0, 0.05) is 17.5 Å². The number of nitriles is 1. The van der Waals surface area contributed by atoms with Gasteiger partial charge in [-0.05, 0) is 57.1 Å². The Morgan fingerprint density at radius 2 is 2.05 bits per heavy atom. The van der Waals surface area contributed by atoms with Crippen LogP contribution >= 0.6 is 11.6 Å². The number of aliphatic hydroxyl groups excluding tert-OH is 1. The van der Waals surface area contributed by atoms with Crippen LogP contribution < -0.4 is 16.4 Å². The number of nitrogens with zero attached hydrogens (tertiary/aromatic N) is 5. The zero-order valence-corrected chi connectivity index (χ0v) is 21.1. The molecule has 2 atom stereocenters. The summed E-state index contributed by atoms with van der Waals surface area (Å²) in [4.78, 5) is 25.8. The van der Waals surface area contributed by atoms with Gasteiger partial charge in [0.15, 0.2) is 5.65 Å². The average Bonchev–Trinajstić information content (AvgIpc) is 3.44. The number of hydrogen-bond acceptors (Lipinski definition) is 8. The maximum absolute atomic E-state index is 14.9. The second kappa shape index (κ2) is 9.76. The predicted octanol–water partition coefficient (Wildman–Crippen LogP) is 4.17. The largest absolute Gasteiger partial charge is 0.393 e. The molecule has 3 aromatic rings. The number of aromatic nitrogens is 4. The van der Waals surface area contributed by atoms with Crippen LogP contribution in [0, 0.1) is 22.6 Å². The molecule has 2 aliphatic carbocycles. The number of primary amides is 1. The molecular weight excluding hydrogens is 499 g/mol. The van der Waals surface area contributed by atoms with E-state index >= 15 is 0 Å². The highest BCUT2D eigenvalue weighted by molar-refractivity contribution is 6.33. The number of fused-ring (bicyclic) bond motifs is 1. The van der Waals surface area contributed by atoms with Gasteiger partial charge in [0.25, 0.3) is 0 Å². The number of aliphatic hydroxyl groups is 1. The van der Waals surface area contributed by atoms with Crippen molar-refractivity contribution in [1.29, 1.82) is 5.26 Å². The van der Waals surface area contributed by atoms with Gasteiger partial charge < -0.3 is 21.5 Å². The van der Waals surface area contributed by atoms with Gasteiger partial charge in [0.2, 0.25) is 17.8 Å². The maximum atomic E-state index is 14.9. The number of nitrogens with two attached hydrogens (primary N) is 1. The number of nitrogens with one attached hydrogen (secondary N) is 2. The van der Waals surface area contributed by atoms with E-state index in [2.05, 4.69) is 20.6 Å². The third-order valence-corrected chi connectivity index (χ3v) is 7.90. The molecule has 12 heteroatoms. The molecule has 10 nitrogen and oxygen atoms in total. The van der Waals surface area contributed by atoms with Crippen molar-refractivity contribution in [3.05, 3.63) is 34.7 Å². The minimum Gasteiger partial charge on any atom is -0.393 e. The van der Waals surface area contributed by atoms with Crippen LogP contribution in [0.2, 0.25) is 5.02 Å². The Kier molecular flexibility index (Phi) is 6.64. The molecule has 1 aromatic carbocycles. The first kappa shape index (κ1) is 25.2. The van der Waals surface area contributed by atoms with Crippen LogP contribution in [0.25, 0.3) is 11.2 Å². The SMILES string of the molecule is CC1(C(N)=O)CCC(n2c(Nc3c(F)cc(C#N)cc3Cl)nc3cnc(NC4CC[C@@H](O)C4)nc32)CC1. The molecule has 2 aromatic heterocycles. The topological polar surface area (TPSA) is 155 Å². The van der Waals surface area contributed by atoms with Gasteiger partial charge in [-0.3, -0.25) is 9.36 Å². The molecule has 2 fully saturated rings. The molecule has 5 N–H and O–H groups in total. The van der Waals surface area contributed by atoms with Crippen LogP contribution in [0.4, 0.5) is 22.0 Å². The summed E-state index contributed by atoms with van der Waals surface area (Å²) in [6.07, 6.45) is 5.90. The lowest BCUT2D eigenvalue weighted by molar-refractivity contribution is -0.128. The number of hydrogen-bond donors (Lipinski definition) is 4. The number of amides is 1. The highest BCUT2D eigenvalue weighted by Gasteiger charge is 2.38. The Balaban J connectivity index is 1.54. The van der Waals surface area contributed by atoms with Gasteiger partial charge in [-0.25, -0.2) is 14.4 Å². The van der Waals surface area contributed by atoms with Crippen LogP contribution in [0.5, 0.6) is 0 Å². The number of rotatable bonds is 6. The summed E-state index contributed by atoms with van der Waals surface area (Å²) in [5, 5.41) is 25.3. The van der Waals surface area contributed by atoms with E-state index in [-0.39, 0.29) is 40.4 Å². The summed E-state index contributed by atoms with van der Waals surface area (Å²) < 4.78 is 16.8. The fraction of sp³-hybridized carbons (Fsp3) is 0.480. The first-order valence-corrected chi connectivity index (χ1v) is 12.7. The molecule has 2 saturated carbocycles. The van der Waals surface area contributed by atoms with Crippen LogP contribution in [0.3, 0.4) is 0 Å². The van der Waals surface area contributed by atoms with Gasteiger partial charge in [-0.2, -0.15) is 10.2 Å². The van der Waals surface area contributed by atoms with Crippen molar-refractivity contribution in [3.8, 4) is 6.07 Å². The van der Waals surface area contributed by atoms with Crippen LogP contribution in [-0.4, -0.2) is 42.7 Å². The maximum Gasteiger partial charge on any atom is 0.224 e. The third-order valence-electron chi connectivity index (χ3n) is 7.60. The van der Waals surface area contributed by atoms with Crippen molar-refractivity contribution in [2.24, 2.45) is 11.1 Å². The number of carbonyl (C=O) groups is 1. The molecule has 0 aliphatic heterocycles. The number of halogens is 2. The minimum absolute atomic E-state index is 0.00116. The Morgan fingerprint density at radius 1 is 1.30 bits per heavy atom. The van der Waals surface area contributed by atoms with Crippen molar-refractivity contribution < 1.29 is 14.3 Å². The Hall–Kier alpha value is -3.49. The van der Waals surface area contributed by atoms with Gasteiger partial charge in [-0.1, -0.05) is 18.5 Å². The zero-order chi connectivity index (χ0) is 26.3. The van der Waals surface area contributed by atoms with Crippen molar-refractivity contribution >= 4 is 46.3 Å². The highest BCUT2D eigenvalue weighted by atomic mass is 35.5. The Labute approximate surface area is 218 Å². The lowest BCUT2D eigenvalue weighted by atomic mass is 9.73. The first-order valence-electron chi connectivity index (χ1n) is 12.3. The summed E-state index contributed by atoms with van der Waals surface area (Å²) >= 11 is 6.30. The molecule has 1 unspecified atom stereocenters. The third kappa shape index (κ3) is 4.91. The molecule has 5 rings (SSSR count). The second-order valence-corrected chi connectivity index (χ2v) is 10.6. The normalized spacial score (nSPS) is 25.6. The lowest BCUT2D eigenvalue weighted by Crippen LogP contribution is -2.38. The molecule has 37 heavy (non-hydrogen) atoms. The monoisotopic (exact) mass is 526 g/mol. The number of anilines is 3. The van der Waals surface area contributed by atoms with E-state index in [0.29, 0.717) is 55.2 Å². The summed E-state index contributed by atoms with van der Waals surface area (Å²) in [5.41, 5.74) is 6.24. The zero-order valence-electron chi connectivity index (χ0n) is 20.3. The number of benzene rings is 1. The van der Waals surface area contributed by atoms with Crippen LogP contribution in [0.1, 0.15) is 63.5 Å². The Bertz CT molecular complexity index is 1370. The lowest BCUT2D eigenvalue weighted by Gasteiger charge is -2.35. The first-order chi connectivity index (χ1) is 17.7. The molecule has 1 amide bonds. The van der Waals surface area contributed by atoms with E-state index in [0.717, 1.165) is 18.9 Å². The van der Waals surface area contributed by atoms with E-state index in [4.69, 9.17) is 27.6 Å². The van der Waals surface area contributed by atoms with Gasteiger partial charge in [-0.15, -0.1) is 0 Å². The van der Waals surface area contributed by atoms with Crippen molar-refractivity contribution in [3.63, 3.8) is 0 Å². The second-order valence-electron chi connectivity index (χ2n) is 10.2. The van der Waals surface area contributed by atoms with E-state index in [1.807, 2.05) is 17.6 Å². The standard InChI is InChI=1S/C25H28ClFN8O2/c1-25(22(29)37)6-4-15(5-7-25)35-21-19(12-30-23(34-21)31-14-2-3-16(36)10-14)32-24(35)33-20-17(26)8-13(11-28)9-18(20)27/h8-9,12,14-16,36H,2-7,10H2,1H3,(H2,29,37)(H,32,33)(H,30,31,34)/t14?,15?,16-,25?/m1/s1. The van der Waals surface area contributed by atoms with Gasteiger partial charge in [0.1, 0.15) is 11.3 Å². The minimum atomic E-state index is -0.680. The molecule has 0 radical (unpaired) electrons. The van der Waals surface area contributed by atoms with Crippen LogP contribution in [0.15, 0.2) is 18.3 Å². The Morgan fingerprint density at radius 3 is 2.68 bits per heavy atom. The summed E-state index contributed by atoms with van der Waals surface area (Å²) in [7, 11) is 0. The molecule has 194 valence electrons. The quantitative estimate of drug-likeness (QED) is 0.373. The van der Waals surface area contributed by atoms with Crippen molar-refractivity contribution in [2.75, 3.05) is 10.6 Å². The summed E-state index contributed by atoms with van der Waals surface area (Å²) in [5.74, 6) is -0.254. The fourth-order valence-corrected chi connectivity index (χ4v) is 5.53. The molecule has 0 spiro atoms. The molecular formula is C25H28ClFN8O2. The van der Waals surface area contributed by atoms with Crippen molar-refractivity contribution in [1.82, 2.24) is 19.5 Å².